The summed E-state index contributed by atoms with van der Waals surface area (Å²) in [6.45, 7) is 0. The largest absolute Gasteiger partial charge is 0.262 e. The molecule has 3 heteroatoms. The Morgan fingerprint density at radius 2 is 2.30 bits per heavy atom. The molecule has 2 aliphatic heterocycles. The van der Waals surface area contributed by atoms with E-state index in [4.69, 9.17) is 0 Å². The van der Waals surface area contributed by atoms with Crippen LogP contribution < -0.4 is 0 Å². The topological polar surface area (TPSA) is 24.7 Å². The van der Waals surface area contributed by atoms with E-state index in [2.05, 4.69) is 25.9 Å². The van der Waals surface area contributed by atoms with Gasteiger partial charge < -0.3 is 0 Å². The minimum atomic E-state index is 0.0429. The van der Waals surface area contributed by atoms with Gasteiger partial charge in [-0.15, -0.1) is 0 Å². The molecule has 1 atom stereocenters. The summed E-state index contributed by atoms with van der Waals surface area (Å²) in [7, 11) is 0. The van der Waals surface area contributed by atoms with Crippen molar-refractivity contribution in [3.63, 3.8) is 0 Å². The van der Waals surface area contributed by atoms with E-state index < -0.39 is 0 Å². The van der Waals surface area contributed by atoms with Crippen LogP contribution in [0.3, 0.4) is 0 Å². The fraction of sp³-hybridized carbons (Fsp3) is 0.143. The number of hydrogen-bond donors (Lipinski definition) is 0. The van der Waals surface area contributed by atoms with E-state index in [0.29, 0.717) is 0 Å². The molecule has 0 radical (unpaired) electrons. The molecule has 2 heterocycles. The molecule has 2 aliphatic rings. The highest BCUT2D eigenvalue weighted by Gasteiger charge is 2.14. The highest BCUT2D eigenvalue weighted by molar-refractivity contribution is 9.12. The van der Waals surface area contributed by atoms with Crippen LogP contribution in [0.15, 0.2) is 32.2 Å². The Morgan fingerprint density at radius 1 is 1.40 bits per heavy atom. The first-order valence-corrected chi connectivity index (χ1v) is 3.79. The molecule has 0 bridgehead atoms. The molecule has 10 heavy (non-hydrogen) atoms. The van der Waals surface area contributed by atoms with Gasteiger partial charge in [0.15, 0.2) is 6.17 Å². The van der Waals surface area contributed by atoms with Crippen molar-refractivity contribution in [2.24, 2.45) is 9.98 Å². The van der Waals surface area contributed by atoms with Crippen molar-refractivity contribution in [2.75, 3.05) is 0 Å². The summed E-state index contributed by atoms with van der Waals surface area (Å²) in [6.07, 6.45) is 7.62. The van der Waals surface area contributed by atoms with Crippen molar-refractivity contribution < 1.29 is 0 Å². The summed E-state index contributed by atoms with van der Waals surface area (Å²) in [5.74, 6) is 0. The molecule has 2 rings (SSSR count). The molecule has 0 spiro atoms. The van der Waals surface area contributed by atoms with E-state index in [1.807, 2.05) is 12.2 Å². The van der Waals surface area contributed by atoms with Crippen molar-refractivity contribution in [3.05, 3.63) is 22.2 Å². The number of aliphatic imine (C=N–C) groups is 2. The van der Waals surface area contributed by atoms with E-state index >= 15 is 0 Å². The summed E-state index contributed by atoms with van der Waals surface area (Å²) >= 11 is 3.34. The molecule has 0 saturated heterocycles. The fourth-order valence-electron chi connectivity index (χ4n) is 0.968. The Kier molecular flexibility index (Phi) is 1.31. The van der Waals surface area contributed by atoms with Gasteiger partial charge in [0.2, 0.25) is 0 Å². The zero-order chi connectivity index (χ0) is 6.97. The van der Waals surface area contributed by atoms with E-state index in [1.165, 1.54) is 0 Å². The maximum absolute atomic E-state index is 4.17. The van der Waals surface area contributed by atoms with Gasteiger partial charge in [-0.25, -0.2) is 0 Å². The Bertz CT molecular complexity index is 273. The predicted molar refractivity (Wildman–Crippen MR) is 45.9 cm³/mol. The lowest BCUT2D eigenvalue weighted by molar-refractivity contribution is 0.863. The van der Waals surface area contributed by atoms with Gasteiger partial charge in [-0.05, 0) is 28.1 Å². The molecule has 2 nitrogen and oxygen atoms in total. The maximum Gasteiger partial charge on any atom is 0.165 e. The maximum atomic E-state index is 4.17. The summed E-state index contributed by atoms with van der Waals surface area (Å²) in [5.41, 5.74) is 1.16. The predicted octanol–water partition coefficient (Wildman–Crippen LogP) is 1.69. The lowest BCUT2D eigenvalue weighted by Crippen LogP contribution is -2.04. The molecule has 0 aromatic carbocycles. The van der Waals surface area contributed by atoms with Gasteiger partial charge in [0.25, 0.3) is 0 Å². The molecule has 0 N–H and O–H groups in total. The second kappa shape index (κ2) is 2.16. The number of nitrogens with zero attached hydrogens (tertiary/aromatic N) is 2. The fourth-order valence-corrected chi connectivity index (χ4v) is 1.35. The number of hydrogen-bond acceptors (Lipinski definition) is 2. The van der Waals surface area contributed by atoms with Gasteiger partial charge in [0.1, 0.15) is 0 Å². The van der Waals surface area contributed by atoms with Gasteiger partial charge >= 0.3 is 0 Å². The van der Waals surface area contributed by atoms with Crippen LogP contribution in [0.4, 0.5) is 0 Å². The summed E-state index contributed by atoms with van der Waals surface area (Å²) in [5, 5.41) is 0. The second-order valence-electron chi connectivity index (χ2n) is 2.15. The average molecular weight is 197 g/mol. The van der Waals surface area contributed by atoms with Crippen molar-refractivity contribution >= 4 is 28.4 Å². The quantitative estimate of drug-likeness (QED) is 0.564. The van der Waals surface area contributed by atoms with Gasteiger partial charge in [-0.1, -0.05) is 0 Å². The number of allylic oxidation sites excluding steroid dienone is 2. The van der Waals surface area contributed by atoms with Gasteiger partial charge in [-0.3, -0.25) is 9.98 Å². The lowest BCUT2D eigenvalue weighted by Gasteiger charge is -2.07. The van der Waals surface area contributed by atoms with E-state index in [0.717, 1.165) is 10.1 Å². The van der Waals surface area contributed by atoms with E-state index in [-0.39, 0.29) is 6.17 Å². The summed E-state index contributed by atoms with van der Waals surface area (Å²) in [6, 6.07) is 0. The molecule has 0 aliphatic carbocycles. The van der Waals surface area contributed by atoms with Crippen LogP contribution in [-0.4, -0.2) is 18.6 Å². The third-order valence-electron chi connectivity index (χ3n) is 1.44. The normalized spacial score (nSPS) is 27.9. The number of dihydropyridines is 1. The summed E-state index contributed by atoms with van der Waals surface area (Å²) in [4.78, 5) is 8.28. The Hall–Kier alpha value is -0.700. The van der Waals surface area contributed by atoms with Crippen LogP contribution >= 0.6 is 15.9 Å². The second-order valence-corrected chi connectivity index (χ2v) is 3.06. The number of rotatable bonds is 0. The van der Waals surface area contributed by atoms with Crippen LogP contribution in [0, 0.1) is 0 Å². The van der Waals surface area contributed by atoms with Crippen LogP contribution in [0.2, 0.25) is 0 Å². The first kappa shape index (κ1) is 6.04. The van der Waals surface area contributed by atoms with Crippen LogP contribution in [-0.2, 0) is 0 Å². The third kappa shape index (κ3) is 0.865. The van der Waals surface area contributed by atoms with Crippen molar-refractivity contribution in [2.45, 2.75) is 6.17 Å². The molecule has 0 unspecified atom stereocenters. The first-order chi connectivity index (χ1) is 4.86. The molecule has 0 aromatic heterocycles. The zero-order valence-electron chi connectivity index (χ0n) is 5.16. The van der Waals surface area contributed by atoms with Gasteiger partial charge in [-0.2, -0.15) is 0 Å². The van der Waals surface area contributed by atoms with Gasteiger partial charge in [0.05, 0.1) is 0 Å². The lowest BCUT2D eigenvalue weighted by atomic mass is 10.2. The Morgan fingerprint density at radius 3 is 3.20 bits per heavy atom. The molecular formula is C7H5BrN2. The minimum Gasteiger partial charge on any atom is -0.262 e. The first-order valence-electron chi connectivity index (χ1n) is 3.00. The number of fused-ring (bicyclic) bond motifs is 1. The zero-order valence-corrected chi connectivity index (χ0v) is 6.75. The Labute approximate surface area is 67.2 Å². The molecule has 0 saturated carbocycles. The molecule has 50 valence electrons. The third-order valence-corrected chi connectivity index (χ3v) is 1.87. The van der Waals surface area contributed by atoms with Crippen molar-refractivity contribution in [3.8, 4) is 0 Å². The monoisotopic (exact) mass is 196 g/mol. The summed E-state index contributed by atoms with van der Waals surface area (Å²) < 4.78 is 1.01. The van der Waals surface area contributed by atoms with Crippen molar-refractivity contribution in [1.82, 2.24) is 0 Å². The van der Waals surface area contributed by atoms with Crippen LogP contribution in [0.25, 0.3) is 0 Å². The Balaban J connectivity index is 2.39. The van der Waals surface area contributed by atoms with Crippen LogP contribution in [0.1, 0.15) is 0 Å². The number of halogens is 1. The van der Waals surface area contributed by atoms with E-state index in [9.17, 15) is 0 Å². The molecular weight excluding hydrogens is 192 g/mol. The highest BCUT2D eigenvalue weighted by atomic mass is 79.9. The molecule has 0 aromatic rings. The smallest absolute Gasteiger partial charge is 0.165 e. The van der Waals surface area contributed by atoms with E-state index in [1.54, 1.807) is 12.4 Å². The SMILES string of the molecule is BrC1=CC2=CC=N[C@@H]2N=C1. The standard InChI is InChI=1S/C7H5BrN2/c8-6-3-5-1-2-9-7(5)10-4-6/h1-4,7H/t7-/m1/s1. The highest BCUT2D eigenvalue weighted by Crippen LogP contribution is 2.21. The minimum absolute atomic E-state index is 0.0429. The van der Waals surface area contributed by atoms with Gasteiger partial charge in [0, 0.05) is 22.5 Å². The molecule has 0 amide bonds. The van der Waals surface area contributed by atoms with Crippen LogP contribution in [0.5, 0.6) is 0 Å². The molecule has 0 fully saturated rings. The van der Waals surface area contributed by atoms with Crippen molar-refractivity contribution in [1.29, 1.82) is 0 Å². The average Bonchev–Trinajstić information content (AvgIpc) is 2.33.